The van der Waals surface area contributed by atoms with E-state index in [1.807, 2.05) is 115 Å². The zero-order valence-electron chi connectivity index (χ0n) is 31.1. The van der Waals surface area contributed by atoms with E-state index in [2.05, 4.69) is 77.7 Å². The highest BCUT2D eigenvalue weighted by Crippen LogP contribution is 2.63. The minimum absolute atomic E-state index is 0. The van der Waals surface area contributed by atoms with Gasteiger partial charge in [-0.3, -0.25) is 0 Å². The second-order valence-corrected chi connectivity index (χ2v) is 14.5. The van der Waals surface area contributed by atoms with Crippen molar-refractivity contribution in [3.05, 3.63) is 228 Å². The molecule has 3 heterocycles. The van der Waals surface area contributed by atoms with Gasteiger partial charge in [0.2, 0.25) is 0 Å². The highest BCUT2D eigenvalue weighted by atomic mass is 19.1. The normalized spacial score (nSPS) is 12.9. The molecule has 9 aromatic rings. The Bertz CT molecular complexity index is 2870. The molecule has 282 valence electrons. The van der Waals surface area contributed by atoms with Crippen LogP contribution in [0.25, 0.3) is 45.3 Å². The lowest BCUT2D eigenvalue weighted by molar-refractivity contribution is 0.434. The SMILES string of the molecule is C.Fc1ccc(N2c3ccccc3C3(c4ccccc4Oc4ccccc43)c3ccccc32)c(-c2ccccc2-c2nc(-c3ccccc3)nc(-c3ccccc3)n2)c1. The van der Waals surface area contributed by atoms with E-state index in [0.717, 1.165) is 73.1 Å². The van der Waals surface area contributed by atoms with Crippen molar-refractivity contribution in [1.82, 2.24) is 15.0 Å². The van der Waals surface area contributed by atoms with Gasteiger partial charge in [-0.2, -0.15) is 0 Å². The van der Waals surface area contributed by atoms with E-state index in [9.17, 15) is 0 Å². The first-order valence-electron chi connectivity index (χ1n) is 19.3. The topological polar surface area (TPSA) is 51.1 Å². The van der Waals surface area contributed by atoms with Crippen LogP contribution < -0.4 is 9.64 Å². The van der Waals surface area contributed by atoms with Crippen molar-refractivity contribution >= 4 is 17.1 Å². The van der Waals surface area contributed by atoms with Crippen molar-refractivity contribution in [3.63, 3.8) is 0 Å². The molecule has 0 amide bonds. The van der Waals surface area contributed by atoms with Gasteiger partial charge in [0.15, 0.2) is 17.5 Å². The van der Waals surface area contributed by atoms with E-state index in [4.69, 9.17) is 19.7 Å². The molecule has 0 atom stereocenters. The molecule has 0 aliphatic carbocycles. The number of hydrogen-bond donors (Lipinski definition) is 0. The lowest BCUT2D eigenvalue weighted by atomic mass is 9.61. The van der Waals surface area contributed by atoms with Crippen LogP contribution in [0.3, 0.4) is 0 Å². The molecule has 0 unspecified atom stereocenters. The van der Waals surface area contributed by atoms with Crippen LogP contribution in [-0.2, 0) is 5.41 Å². The molecule has 0 saturated carbocycles. The van der Waals surface area contributed by atoms with Crippen molar-refractivity contribution in [3.8, 4) is 56.8 Å². The molecule has 59 heavy (non-hydrogen) atoms. The first-order valence-corrected chi connectivity index (χ1v) is 19.3. The molecule has 0 radical (unpaired) electrons. The molecule has 11 rings (SSSR count). The number of benzene rings is 8. The summed E-state index contributed by atoms with van der Waals surface area (Å²) in [4.78, 5) is 17.4. The highest BCUT2D eigenvalue weighted by Gasteiger charge is 2.51. The van der Waals surface area contributed by atoms with Crippen molar-refractivity contribution in [2.24, 2.45) is 0 Å². The smallest absolute Gasteiger partial charge is 0.164 e. The Hall–Kier alpha value is -7.70. The molecule has 0 bridgehead atoms. The number of para-hydroxylation sites is 4. The summed E-state index contributed by atoms with van der Waals surface area (Å²) in [7, 11) is 0. The fourth-order valence-electron chi connectivity index (χ4n) is 8.84. The Kier molecular flexibility index (Phi) is 8.68. The zero-order valence-corrected chi connectivity index (χ0v) is 31.1. The molecule has 2 aliphatic rings. The molecule has 0 fully saturated rings. The number of ether oxygens (including phenoxy) is 1. The molecule has 6 heteroatoms. The summed E-state index contributed by atoms with van der Waals surface area (Å²) < 4.78 is 22.4. The number of nitrogens with zero attached hydrogens (tertiary/aromatic N) is 4. The molecule has 0 saturated heterocycles. The molecule has 5 nitrogen and oxygen atoms in total. The van der Waals surface area contributed by atoms with E-state index in [1.165, 1.54) is 0 Å². The third-order valence-electron chi connectivity index (χ3n) is 11.3. The summed E-state index contributed by atoms with van der Waals surface area (Å²) in [5.41, 5.74) is 10.4. The van der Waals surface area contributed by atoms with E-state index in [1.54, 1.807) is 12.1 Å². The Morgan fingerprint density at radius 3 is 1.39 bits per heavy atom. The molecule has 8 aromatic carbocycles. The van der Waals surface area contributed by atoms with Gasteiger partial charge in [-0.15, -0.1) is 0 Å². The summed E-state index contributed by atoms with van der Waals surface area (Å²) in [5.74, 6) is 2.89. The van der Waals surface area contributed by atoms with Crippen LogP contribution >= 0.6 is 0 Å². The van der Waals surface area contributed by atoms with E-state index < -0.39 is 5.41 Å². The van der Waals surface area contributed by atoms with Crippen molar-refractivity contribution in [1.29, 1.82) is 0 Å². The first-order chi connectivity index (χ1) is 28.7. The van der Waals surface area contributed by atoms with Crippen LogP contribution in [0, 0.1) is 5.82 Å². The Morgan fingerprint density at radius 2 is 0.831 bits per heavy atom. The summed E-state index contributed by atoms with van der Waals surface area (Å²) in [6.45, 7) is 0. The second kappa shape index (κ2) is 14.4. The van der Waals surface area contributed by atoms with Gasteiger partial charge in [-0.05, 0) is 59.2 Å². The van der Waals surface area contributed by atoms with Gasteiger partial charge in [-0.25, -0.2) is 19.3 Å². The van der Waals surface area contributed by atoms with Gasteiger partial charge in [0.1, 0.15) is 17.3 Å². The van der Waals surface area contributed by atoms with Crippen LogP contribution in [0.15, 0.2) is 200 Å². The van der Waals surface area contributed by atoms with Gasteiger partial charge in [0.05, 0.1) is 22.5 Å². The average molecular weight is 765 g/mol. The lowest BCUT2D eigenvalue weighted by Gasteiger charge is -2.48. The van der Waals surface area contributed by atoms with Gasteiger partial charge >= 0.3 is 0 Å². The summed E-state index contributed by atoms with van der Waals surface area (Å²) in [5, 5.41) is 0. The number of hydrogen-bond acceptors (Lipinski definition) is 5. The predicted molar refractivity (Wildman–Crippen MR) is 235 cm³/mol. The second-order valence-electron chi connectivity index (χ2n) is 14.5. The van der Waals surface area contributed by atoms with Gasteiger partial charge in [-0.1, -0.05) is 165 Å². The highest BCUT2D eigenvalue weighted by molar-refractivity contribution is 5.97. The minimum Gasteiger partial charge on any atom is -0.457 e. The summed E-state index contributed by atoms with van der Waals surface area (Å²) >= 11 is 0. The Morgan fingerprint density at radius 1 is 0.390 bits per heavy atom. The maximum atomic E-state index is 15.8. The molecule has 1 spiro atoms. The zero-order chi connectivity index (χ0) is 38.6. The van der Waals surface area contributed by atoms with Crippen LogP contribution in [-0.4, -0.2) is 15.0 Å². The lowest BCUT2D eigenvalue weighted by Crippen LogP contribution is -2.39. The van der Waals surface area contributed by atoms with Crippen LogP contribution in [0.2, 0.25) is 0 Å². The summed E-state index contributed by atoms with van der Waals surface area (Å²) in [6, 6.07) is 66.6. The van der Waals surface area contributed by atoms with E-state index in [0.29, 0.717) is 23.0 Å². The third kappa shape index (κ3) is 5.64. The molecular formula is C53H37FN4O. The quantitative estimate of drug-likeness (QED) is 0.175. The summed E-state index contributed by atoms with van der Waals surface area (Å²) in [6.07, 6.45) is 0. The monoisotopic (exact) mass is 764 g/mol. The third-order valence-corrected chi connectivity index (χ3v) is 11.3. The van der Waals surface area contributed by atoms with Crippen molar-refractivity contribution < 1.29 is 9.13 Å². The van der Waals surface area contributed by atoms with Crippen LogP contribution in [0.1, 0.15) is 29.7 Å². The molecular weight excluding hydrogens is 728 g/mol. The number of aromatic nitrogens is 3. The largest absolute Gasteiger partial charge is 0.457 e. The van der Waals surface area contributed by atoms with Crippen LogP contribution in [0.4, 0.5) is 21.5 Å². The number of anilines is 3. The number of fused-ring (bicyclic) bond motifs is 8. The molecule has 1 aromatic heterocycles. The molecule has 0 N–H and O–H groups in total. The van der Waals surface area contributed by atoms with Crippen molar-refractivity contribution in [2.75, 3.05) is 4.90 Å². The van der Waals surface area contributed by atoms with E-state index >= 15 is 4.39 Å². The van der Waals surface area contributed by atoms with Gasteiger partial charge in [0.25, 0.3) is 0 Å². The Balaban J connectivity index is 0.00000420. The Labute approximate surface area is 342 Å². The fourth-order valence-corrected chi connectivity index (χ4v) is 8.84. The van der Waals surface area contributed by atoms with E-state index in [-0.39, 0.29) is 13.2 Å². The number of halogens is 1. The first kappa shape index (κ1) is 35.7. The van der Waals surface area contributed by atoms with Gasteiger partial charge in [0, 0.05) is 33.4 Å². The predicted octanol–water partition coefficient (Wildman–Crippen LogP) is 13.6. The molecule has 2 aliphatic heterocycles. The average Bonchev–Trinajstić information content (AvgIpc) is 3.29. The van der Waals surface area contributed by atoms with Gasteiger partial charge < -0.3 is 9.64 Å². The van der Waals surface area contributed by atoms with Crippen molar-refractivity contribution in [2.45, 2.75) is 12.8 Å². The maximum Gasteiger partial charge on any atom is 0.164 e. The minimum atomic E-state index is -0.695. The number of rotatable bonds is 5. The fraction of sp³-hybridized carbons (Fsp3) is 0.0377. The maximum absolute atomic E-state index is 15.8. The van der Waals surface area contributed by atoms with Crippen LogP contribution in [0.5, 0.6) is 11.5 Å². The standard InChI is InChI=1S/C52H33FN4O.CH4/c53-36-31-32-44(39(33-36)37-21-7-8-22-38(37)51-55-49(34-17-3-1-4-18-34)54-50(56-51)35-19-5-2-6-20-35)57-45-27-13-9-23-40(45)52(41-24-10-14-28-46(41)57)42-25-11-15-29-47(42)58-48-30-16-12-26-43(48)52;/h1-33H;1H4.